The molecule has 0 spiro atoms. The molecule has 2 nitrogen and oxygen atoms in total. The van der Waals surface area contributed by atoms with Crippen molar-refractivity contribution in [3.05, 3.63) is 21.7 Å². The number of nitrogens with one attached hydrogen (secondary N) is 1. The van der Waals surface area contributed by atoms with Crippen LogP contribution in [0.25, 0.3) is 0 Å². The Balaban J connectivity index is 2.36. The molecule has 0 amide bonds. The molecule has 1 fully saturated rings. The summed E-state index contributed by atoms with van der Waals surface area (Å²) in [6.45, 7) is 2.99. The van der Waals surface area contributed by atoms with E-state index in [-0.39, 0.29) is 5.41 Å². The van der Waals surface area contributed by atoms with Gasteiger partial charge in [-0.2, -0.15) is 0 Å². The second-order valence-electron chi connectivity index (χ2n) is 6.08. The summed E-state index contributed by atoms with van der Waals surface area (Å²) < 4.78 is 0. The largest absolute Gasteiger partial charge is 0.385 e. The summed E-state index contributed by atoms with van der Waals surface area (Å²) in [5.41, 5.74) is 0.165. The van der Waals surface area contributed by atoms with E-state index in [1.807, 2.05) is 13.1 Å². The summed E-state index contributed by atoms with van der Waals surface area (Å²) in [5.74, 6) is 0. The molecule has 1 saturated carbocycles. The van der Waals surface area contributed by atoms with E-state index in [2.05, 4.69) is 12.2 Å². The van der Waals surface area contributed by atoms with Crippen LogP contribution in [0.4, 0.5) is 0 Å². The van der Waals surface area contributed by atoms with Crippen molar-refractivity contribution in [3.63, 3.8) is 0 Å². The Morgan fingerprint density at radius 2 is 1.95 bits per heavy atom. The SMILES string of the molecule is CNC[C@@]1(C)CCCC[C@]1(O)C1=CC(Cl)=C(Cl)CC1. The van der Waals surface area contributed by atoms with Gasteiger partial charge in [-0.15, -0.1) is 0 Å². The van der Waals surface area contributed by atoms with Gasteiger partial charge in [0.05, 0.1) is 10.6 Å². The van der Waals surface area contributed by atoms with Crippen molar-refractivity contribution in [3.8, 4) is 0 Å². The molecule has 0 aromatic rings. The molecule has 0 radical (unpaired) electrons. The average Bonchev–Trinajstić information content (AvgIpc) is 2.37. The minimum atomic E-state index is -0.758. The van der Waals surface area contributed by atoms with Crippen LogP contribution in [0.5, 0.6) is 0 Å². The van der Waals surface area contributed by atoms with Gasteiger partial charge in [0.2, 0.25) is 0 Å². The Kier molecular flexibility index (Phi) is 4.67. The highest BCUT2D eigenvalue weighted by Crippen LogP contribution is 2.50. The summed E-state index contributed by atoms with van der Waals surface area (Å²) in [7, 11) is 1.94. The average molecular weight is 304 g/mol. The van der Waals surface area contributed by atoms with Crippen molar-refractivity contribution >= 4 is 23.2 Å². The molecule has 2 aliphatic rings. The topological polar surface area (TPSA) is 32.3 Å². The van der Waals surface area contributed by atoms with Gasteiger partial charge in [-0.3, -0.25) is 0 Å². The van der Waals surface area contributed by atoms with E-state index in [0.717, 1.165) is 44.2 Å². The second kappa shape index (κ2) is 5.77. The quantitative estimate of drug-likeness (QED) is 0.828. The zero-order valence-corrected chi connectivity index (χ0v) is 13.2. The Bertz CT molecular complexity index is 414. The second-order valence-corrected chi connectivity index (χ2v) is 6.94. The molecule has 2 N–H and O–H groups in total. The summed E-state index contributed by atoms with van der Waals surface area (Å²) in [6, 6.07) is 0. The monoisotopic (exact) mass is 303 g/mol. The van der Waals surface area contributed by atoms with Crippen LogP contribution in [0.2, 0.25) is 0 Å². The van der Waals surface area contributed by atoms with Gasteiger partial charge in [0.1, 0.15) is 0 Å². The van der Waals surface area contributed by atoms with Crippen LogP contribution >= 0.6 is 23.2 Å². The lowest BCUT2D eigenvalue weighted by atomic mass is 9.60. The van der Waals surface area contributed by atoms with E-state index in [9.17, 15) is 5.11 Å². The Labute approximate surface area is 125 Å². The molecule has 0 saturated heterocycles. The Morgan fingerprint density at radius 3 is 2.58 bits per heavy atom. The maximum atomic E-state index is 11.3. The number of aliphatic hydroxyl groups is 1. The minimum Gasteiger partial charge on any atom is -0.385 e. The molecule has 2 atom stereocenters. The molecule has 0 aromatic carbocycles. The Hall–Kier alpha value is -0.0200. The molecule has 2 rings (SSSR count). The van der Waals surface area contributed by atoms with Crippen molar-refractivity contribution in [2.75, 3.05) is 13.6 Å². The standard InChI is InChI=1S/C15H23Cl2NO/c1-14(10-18-2)7-3-4-8-15(14,19)11-5-6-12(16)13(17)9-11/h9,18-19H,3-8,10H2,1-2H3/t14-,15+/m1/s1. The lowest BCUT2D eigenvalue weighted by molar-refractivity contribution is -0.0766. The fourth-order valence-electron chi connectivity index (χ4n) is 3.57. The molecular formula is C15H23Cl2NO. The van der Waals surface area contributed by atoms with Crippen LogP contribution in [-0.2, 0) is 0 Å². The zero-order valence-electron chi connectivity index (χ0n) is 11.7. The third-order valence-corrected chi connectivity index (χ3v) is 5.61. The van der Waals surface area contributed by atoms with Gasteiger partial charge in [0, 0.05) is 17.0 Å². The molecule has 19 heavy (non-hydrogen) atoms. The predicted octanol–water partition coefficient (Wildman–Crippen LogP) is 3.93. The van der Waals surface area contributed by atoms with Crippen molar-refractivity contribution in [2.45, 2.75) is 51.0 Å². The van der Waals surface area contributed by atoms with Gasteiger partial charge >= 0.3 is 0 Å². The van der Waals surface area contributed by atoms with Crippen molar-refractivity contribution < 1.29 is 5.11 Å². The first-order valence-electron chi connectivity index (χ1n) is 7.05. The first kappa shape index (κ1) is 15.4. The van der Waals surface area contributed by atoms with Crippen molar-refractivity contribution in [2.24, 2.45) is 5.41 Å². The highest BCUT2D eigenvalue weighted by molar-refractivity contribution is 6.40. The third-order valence-electron chi connectivity index (χ3n) is 4.79. The predicted molar refractivity (Wildman–Crippen MR) is 81.5 cm³/mol. The molecule has 0 bridgehead atoms. The highest BCUT2D eigenvalue weighted by Gasteiger charge is 2.50. The van der Waals surface area contributed by atoms with Gasteiger partial charge in [-0.1, -0.05) is 43.0 Å². The molecule has 0 unspecified atom stereocenters. The number of rotatable bonds is 3. The Morgan fingerprint density at radius 1 is 1.26 bits per heavy atom. The number of allylic oxidation sites excluding steroid dienone is 3. The molecular weight excluding hydrogens is 281 g/mol. The summed E-state index contributed by atoms with van der Waals surface area (Å²) in [4.78, 5) is 0. The zero-order chi connectivity index (χ0) is 14.1. The van der Waals surface area contributed by atoms with E-state index < -0.39 is 5.60 Å². The molecule has 108 valence electrons. The van der Waals surface area contributed by atoms with Gasteiger partial charge in [0.25, 0.3) is 0 Å². The van der Waals surface area contributed by atoms with Gasteiger partial charge < -0.3 is 10.4 Å². The van der Waals surface area contributed by atoms with Crippen LogP contribution in [0.15, 0.2) is 21.7 Å². The third kappa shape index (κ3) is 2.73. The lowest BCUT2D eigenvalue weighted by Gasteiger charge is -2.50. The molecule has 0 heterocycles. The van der Waals surface area contributed by atoms with Gasteiger partial charge in [0.15, 0.2) is 0 Å². The highest BCUT2D eigenvalue weighted by atomic mass is 35.5. The normalized spacial score (nSPS) is 36.4. The summed E-state index contributed by atoms with van der Waals surface area (Å²) in [5, 5.41) is 15.9. The van der Waals surface area contributed by atoms with E-state index >= 15 is 0 Å². The van der Waals surface area contributed by atoms with E-state index in [1.54, 1.807) is 0 Å². The number of hydrogen-bond donors (Lipinski definition) is 2. The van der Waals surface area contributed by atoms with E-state index in [1.165, 1.54) is 6.42 Å². The van der Waals surface area contributed by atoms with Crippen LogP contribution in [0.3, 0.4) is 0 Å². The van der Waals surface area contributed by atoms with E-state index in [4.69, 9.17) is 23.2 Å². The van der Waals surface area contributed by atoms with Crippen LogP contribution in [0, 0.1) is 5.41 Å². The van der Waals surface area contributed by atoms with Crippen molar-refractivity contribution in [1.82, 2.24) is 5.32 Å². The molecule has 0 aliphatic heterocycles. The number of halogens is 2. The van der Waals surface area contributed by atoms with Crippen LogP contribution in [0.1, 0.15) is 45.4 Å². The minimum absolute atomic E-state index is 0.132. The van der Waals surface area contributed by atoms with Crippen molar-refractivity contribution in [1.29, 1.82) is 0 Å². The molecule has 0 aromatic heterocycles. The van der Waals surface area contributed by atoms with Gasteiger partial charge in [-0.05, 0) is 44.4 Å². The summed E-state index contributed by atoms with van der Waals surface area (Å²) >= 11 is 12.2. The molecule has 2 aliphatic carbocycles. The fourth-order valence-corrected chi connectivity index (χ4v) is 3.95. The first-order valence-corrected chi connectivity index (χ1v) is 7.81. The summed E-state index contributed by atoms with van der Waals surface area (Å²) in [6.07, 6.45) is 7.55. The molecule has 4 heteroatoms. The smallest absolute Gasteiger partial charge is 0.0925 e. The van der Waals surface area contributed by atoms with Crippen LogP contribution < -0.4 is 5.32 Å². The maximum absolute atomic E-state index is 11.3. The van der Waals surface area contributed by atoms with E-state index in [0.29, 0.717) is 10.1 Å². The maximum Gasteiger partial charge on any atom is 0.0925 e. The lowest BCUT2D eigenvalue weighted by Crippen LogP contribution is -2.54. The van der Waals surface area contributed by atoms with Crippen LogP contribution in [-0.4, -0.2) is 24.3 Å². The number of hydrogen-bond acceptors (Lipinski definition) is 2. The fraction of sp³-hybridized carbons (Fsp3) is 0.733. The van der Waals surface area contributed by atoms with Gasteiger partial charge in [-0.25, -0.2) is 0 Å². The first-order chi connectivity index (χ1) is 8.93.